The van der Waals surface area contributed by atoms with Gasteiger partial charge in [-0.2, -0.15) is 0 Å². The van der Waals surface area contributed by atoms with Gasteiger partial charge in [0.2, 0.25) is 0 Å². The summed E-state index contributed by atoms with van der Waals surface area (Å²) in [5, 5.41) is 1.65. The molecular formula is C14H16N2O4S. The summed E-state index contributed by atoms with van der Waals surface area (Å²) in [7, 11) is 0. The Kier molecular flexibility index (Phi) is 5.32. The maximum Gasteiger partial charge on any atom is 0.333 e. The number of hydrogen-bond donors (Lipinski definition) is 0. The van der Waals surface area contributed by atoms with Gasteiger partial charge in [-0.05, 0) is 18.6 Å². The molecule has 1 aliphatic heterocycles. The van der Waals surface area contributed by atoms with Crippen molar-refractivity contribution in [2.45, 2.75) is 42.9 Å². The Hall–Kier alpha value is -1.89. The summed E-state index contributed by atoms with van der Waals surface area (Å²) in [6.45, 7) is 1.98. The van der Waals surface area contributed by atoms with Crippen LogP contribution < -0.4 is 0 Å². The predicted molar refractivity (Wildman–Crippen MR) is 76.0 cm³/mol. The minimum absolute atomic E-state index is 0.109. The van der Waals surface area contributed by atoms with E-state index in [0.717, 1.165) is 5.03 Å². The summed E-state index contributed by atoms with van der Waals surface area (Å²) >= 11 is 1.56. The topological polar surface area (TPSA) is 76.6 Å². The van der Waals surface area contributed by atoms with Crippen LogP contribution in [0.4, 0.5) is 0 Å². The Morgan fingerprint density at radius 2 is 2.10 bits per heavy atom. The van der Waals surface area contributed by atoms with E-state index in [4.69, 9.17) is 4.84 Å². The van der Waals surface area contributed by atoms with Gasteiger partial charge in [0.15, 0.2) is 0 Å². The van der Waals surface area contributed by atoms with Gasteiger partial charge in [0.25, 0.3) is 11.8 Å². The molecule has 21 heavy (non-hydrogen) atoms. The maximum atomic E-state index is 11.7. The van der Waals surface area contributed by atoms with E-state index >= 15 is 0 Å². The normalized spacial score (nSPS) is 16.1. The van der Waals surface area contributed by atoms with E-state index in [-0.39, 0.29) is 24.5 Å². The highest BCUT2D eigenvalue weighted by molar-refractivity contribution is 7.99. The van der Waals surface area contributed by atoms with Crippen LogP contribution in [0.1, 0.15) is 32.6 Å². The van der Waals surface area contributed by atoms with E-state index in [9.17, 15) is 14.4 Å². The highest BCUT2D eigenvalue weighted by Gasteiger charge is 2.32. The van der Waals surface area contributed by atoms with Crippen molar-refractivity contribution in [2.75, 3.05) is 0 Å². The molecule has 0 unspecified atom stereocenters. The molecule has 1 atom stereocenters. The molecule has 2 heterocycles. The van der Waals surface area contributed by atoms with Crippen LogP contribution in [0.15, 0.2) is 29.4 Å². The zero-order chi connectivity index (χ0) is 15.2. The number of thioether (sulfide) groups is 1. The van der Waals surface area contributed by atoms with E-state index in [2.05, 4.69) is 4.98 Å². The Balaban J connectivity index is 1.73. The molecule has 1 saturated heterocycles. The Bertz CT molecular complexity index is 519. The molecule has 1 aliphatic rings. The number of hydrogen-bond acceptors (Lipinski definition) is 6. The largest absolute Gasteiger partial charge is 0.333 e. The molecular weight excluding hydrogens is 292 g/mol. The summed E-state index contributed by atoms with van der Waals surface area (Å²) in [6.07, 6.45) is 2.67. The third-order valence-corrected chi connectivity index (χ3v) is 4.03. The fourth-order valence-electron chi connectivity index (χ4n) is 1.81. The maximum absolute atomic E-state index is 11.7. The molecule has 6 nitrogen and oxygen atoms in total. The van der Waals surface area contributed by atoms with Crippen LogP contribution in [0.2, 0.25) is 0 Å². The second kappa shape index (κ2) is 7.21. The van der Waals surface area contributed by atoms with Crippen LogP contribution in [0.3, 0.4) is 0 Å². The number of nitrogens with zero attached hydrogens (tertiary/aromatic N) is 2. The van der Waals surface area contributed by atoms with Gasteiger partial charge >= 0.3 is 5.97 Å². The van der Waals surface area contributed by atoms with Crippen LogP contribution >= 0.6 is 11.8 Å². The molecule has 2 rings (SSSR count). The average molecular weight is 308 g/mol. The zero-order valence-corrected chi connectivity index (χ0v) is 12.5. The highest BCUT2D eigenvalue weighted by Crippen LogP contribution is 2.24. The fraction of sp³-hybridized carbons (Fsp3) is 0.429. The van der Waals surface area contributed by atoms with Crippen molar-refractivity contribution in [1.29, 1.82) is 0 Å². The van der Waals surface area contributed by atoms with Gasteiger partial charge in [-0.3, -0.25) is 9.59 Å². The van der Waals surface area contributed by atoms with E-state index in [1.54, 1.807) is 18.0 Å². The highest BCUT2D eigenvalue weighted by atomic mass is 32.2. The van der Waals surface area contributed by atoms with Crippen LogP contribution in [-0.4, -0.2) is 33.1 Å². The molecule has 0 radical (unpaired) electrons. The Morgan fingerprint density at radius 1 is 1.38 bits per heavy atom. The van der Waals surface area contributed by atoms with Crippen LogP contribution in [0.25, 0.3) is 0 Å². The molecule has 2 amide bonds. The quantitative estimate of drug-likeness (QED) is 0.590. The van der Waals surface area contributed by atoms with Crippen LogP contribution in [0, 0.1) is 0 Å². The van der Waals surface area contributed by atoms with Crippen molar-refractivity contribution in [2.24, 2.45) is 0 Å². The third-order valence-electron chi connectivity index (χ3n) is 2.91. The molecule has 1 aromatic heterocycles. The number of hydroxylamine groups is 2. The van der Waals surface area contributed by atoms with E-state index in [1.807, 2.05) is 25.1 Å². The molecule has 0 saturated carbocycles. The monoisotopic (exact) mass is 308 g/mol. The van der Waals surface area contributed by atoms with Gasteiger partial charge in [-0.25, -0.2) is 9.78 Å². The lowest BCUT2D eigenvalue weighted by molar-refractivity contribution is -0.197. The van der Waals surface area contributed by atoms with E-state index in [0.29, 0.717) is 11.5 Å². The number of carbonyl (C=O) groups is 3. The number of rotatable bonds is 6. The van der Waals surface area contributed by atoms with Crippen molar-refractivity contribution in [3.8, 4) is 0 Å². The second-order valence-electron chi connectivity index (χ2n) is 4.68. The first-order chi connectivity index (χ1) is 10.1. The predicted octanol–water partition coefficient (Wildman–Crippen LogP) is 1.95. The molecule has 1 fully saturated rings. The summed E-state index contributed by atoms with van der Waals surface area (Å²) < 4.78 is 0. The molecule has 1 aromatic rings. The van der Waals surface area contributed by atoms with E-state index < -0.39 is 17.8 Å². The lowest BCUT2D eigenvalue weighted by Crippen LogP contribution is -2.32. The van der Waals surface area contributed by atoms with Crippen molar-refractivity contribution in [1.82, 2.24) is 10.0 Å². The lowest BCUT2D eigenvalue weighted by Gasteiger charge is -2.14. The number of pyridine rings is 1. The Morgan fingerprint density at radius 3 is 2.71 bits per heavy atom. The summed E-state index contributed by atoms with van der Waals surface area (Å²) in [6, 6.07) is 5.65. The van der Waals surface area contributed by atoms with Crippen molar-refractivity contribution in [3.63, 3.8) is 0 Å². The number of imide groups is 1. The van der Waals surface area contributed by atoms with E-state index in [1.165, 1.54) is 0 Å². The minimum Gasteiger partial charge on any atom is -0.330 e. The van der Waals surface area contributed by atoms with Crippen molar-refractivity contribution >= 4 is 29.5 Å². The third kappa shape index (κ3) is 4.56. The number of carbonyl (C=O) groups excluding carboxylic acids is 3. The summed E-state index contributed by atoms with van der Waals surface area (Å²) in [4.78, 5) is 43.3. The lowest BCUT2D eigenvalue weighted by atomic mass is 10.2. The van der Waals surface area contributed by atoms with Gasteiger partial charge in [0.05, 0.1) is 5.03 Å². The summed E-state index contributed by atoms with van der Waals surface area (Å²) in [5.74, 6) is -1.47. The molecule has 112 valence electrons. The van der Waals surface area contributed by atoms with Gasteiger partial charge in [0, 0.05) is 30.7 Å². The minimum atomic E-state index is -0.563. The smallest absolute Gasteiger partial charge is 0.330 e. The number of amides is 2. The molecule has 0 spiro atoms. The second-order valence-corrected chi connectivity index (χ2v) is 6.14. The number of aromatic nitrogens is 1. The van der Waals surface area contributed by atoms with Gasteiger partial charge in [-0.1, -0.05) is 13.0 Å². The van der Waals surface area contributed by atoms with Gasteiger partial charge < -0.3 is 4.84 Å². The standard InChI is InChI=1S/C14H16N2O4S/c1-10(21-11-4-2-3-9-15-11)5-8-14(19)20-16-12(17)6-7-13(16)18/h2-4,9-10H,5-8H2,1H3/t10-/m0/s1. The average Bonchev–Trinajstić information content (AvgIpc) is 2.78. The first kappa shape index (κ1) is 15.5. The van der Waals surface area contributed by atoms with Gasteiger partial charge in [0.1, 0.15) is 0 Å². The summed E-state index contributed by atoms with van der Waals surface area (Å²) in [5.41, 5.74) is 0. The SMILES string of the molecule is C[C@@H](CCC(=O)ON1C(=O)CCC1=O)Sc1ccccn1. The molecule has 0 aromatic carbocycles. The van der Waals surface area contributed by atoms with Crippen LogP contribution in [0.5, 0.6) is 0 Å². The first-order valence-electron chi connectivity index (χ1n) is 6.70. The zero-order valence-electron chi connectivity index (χ0n) is 11.7. The molecule has 0 N–H and O–H groups in total. The van der Waals surface area contributed by atoms with Crippen LogP contribution in [-0.2, 0) is 19.2 Å². The fourth-order valence-corrected chi connectivity index (χ4v) is 2.74. The van der Waals surface area contributed by atoms with Crippen molar-refractivity contribution < 1.29 is 19.2 Å². The molecule has 0 bridgehead atoms. The first-order valence-corrected chi connectivity index (χ1v) is 7.58. The molecule has 0 aliphatic carbocycles. The molecule has 7 heteroatoms. The van der Waals surface area contributed by atoms with Gasteiger partial charge in [-0.15, -0.1) is 16.8 Å². The van der Waals surface area contributed by atoms with Crippen molar-refractivity contribution in [3.05, 3.63) is 24.4 Å². The Labute approximate surface area is 126 Å².